The highest BCUT2D eigenvalue weighted by Gasteiger charge is 2.08. The van der Waals surface area contributed by atoms with Crippen LogP contribution >= 0.6 is 0 Å². The van der Waals surface area contributed by atoms with Gasteiger partial charge < -0.3 is 5.32 Å². The summed E-state index contributed by atoms with van der Waals surface area (Å²) in [7, 11) is -3.67. The minimum Gasteiger partial charge on any atom is -0.379 e. The predicted octanol–water partition coefficient (Wildman–Crippen LogP) is 2.20. The molecule has 3 N–H and O–H groups in total. The van der Waals surface area contributed by atoms with Crippen LogP contribution in [0, 0.1) is 6.92 Å². The van der Waals surface area contributed by atoms with Crippen molar-refractivity contribution in [2.45, 2.75) is 18.4 Å². The topological polar surface area (TPSA) is 98.0 Å². The van der Waals surface area contributed by atoms with Gasteiger partial charge in [0, 0.05) is 5.69 Å². The molecule has 0 fully saturated rings. The second-order valence-corrected chi connectivity index (χ2v) is 6.73. The fourth-order valence-electron chi connectivity index (χ4n) is 2.24. The van der Waals surface area contributed by atoms with Gasteiger partial charge in [-0.05, 0) is 43.3 Å². The van der Waals surface area contributed by atoms with E-state index in [9.17, 15) is 8.42 Å². The van der Waals surface area contributed by atoms with Gasteiger partial charge in [-0.3, -0.25) is 0 Å². The third-order valence-electron chi connectivity index (χ3n) is 3.49. The first-order valence-electron chi connectivity index (χ1n) is 7.02. The van der Waals surface area contributed by atoms with Crippen molar-refractivity contribution in [2.75, 3.05) is 5.32 Å². The summed E-state index contributed by atoms with van der Waals surface area (Å²) in [4.78, 5) is 9.23. The molecule has 0 spiro atoms. The molecular weight excluding hydrogens is 312 g/mol. The number of benzene rings is 2. The molecule has 7 heteroatoms. The van der Waals surface area contributed by atoms with Crippen LogP contribution in [0.5, 0.6) is 0 Å². The number of nitrogens with one attached hydrogen (secondary N) is 1. The third-order valence-corrected chi connectivity index (χ3v) is 4.41. The summed E-state index contributed by atoms with van der Waals surface area (Å²) in [5, 5.41) is 8.29. The molecule has 0 aliphatic heterocycles. The molecule has 0 bridgehead atoms. The van der Waals surface area contributed by atoms with E-state index in [4.69, 9.17) is 5.14 Å². The van der Waals surface area contributed by atoms with Crippen molar-refractivity contribution in [3.8, 4) is 0 Å². The van der Waals surface area contributed by atoms with Crippen LogP contribution in [0.25, 0.3) is 11.0 Å². The van der Waals surface area contributed by atoms with E-state index in [0.717, 1.165) is 28.1 Å². The number of para-hydroxylation sites is 2. The zero-order chi connectivity index (χ0) is 16.4. The maximum atomic E-state index is 11.2. The number of primary sulfonamides is 1. The summed E-state index contributed by atoms with van der Waals surface area (Å²) in [6, 6.07) is 14.0. The highest BCUT2D eigenvalue weighted by atomic mass is 32.2. The molecule has 0 radical (unpaired) electrons. The van der Waals surface area contributed by atoms with Crippen molar-refractivity contribution in [1.82, 2.24) is 9.97 Å². The second kappa shape index (κ2) is 5.94. The molecule has 3 rings (SSSR count). The molecule has 0 aliphatic carbocycles. The van der Waals surface area contributed by atoms with Gasteiger partial charge in [0.2, 0.25) is 10.0 Å². The lowest BCUT2D eigenvalue weighted by Crippen LogP contribution is -2.12. The van der Waals surface area contributed by atoms with E-state index in [-0.39, 0.29) is 4.90 Å². The van der Waals surface area contributed by atoms with Gasteiger partial charge in [0.25, 0.3) is 0 Å². The van der Waals surface area contributed by atoms with Gasteiger partial charge in [-0.25, -0.2) is 23.5 Å². The lowest BCUT2D eigenvalue weighted by molar-refractivity contribution is 0.598. The first kappa shape index (κ1) is 15.4. The number of fused-ring (bicyclic) bond motifs is 1. The number of aryl methyl sites for hydroxylation is 1. The SMILES string of the molecule is Cc1nc2ccccc2nc1CNc1ccc(S(N)(=O)=O)cc1. The lowest BCUT2D eigenvalue weighted by atomic mass is 10.2. The molecule has 0 aliphatic rings. The number of hydrogen-bond donors (Lipinski definition) is 2. The van der Waals surface area contributed by atoms with Gasteiger partial charge in [-0.2, -0.15) is 0 Å². The summed E-state index contributed by atoms with van der Waals surface area (Å²) in [5.41, 5.74) is 4.20. The molecule has 2 aromatic carbocycles. The molecule has 0 unspecified atom stereocenters. The van der Waals surface area contributed by atoms with Crippen molar-refractivity contribution in [1.29, 1.82) is 0 Å². The third kappa shape index (κ3) is 3.46. The zero-order valence-electron chi connectivity index (χ0n) is 12.5. The molecule has 0 amide bonds. The number of hydrogen-bond acceptors (Lipinski definition) is 5. The Morgan fingerprint density at radius 2 is 1.61 bits per heavy atom. The van der Waals surface area contributed by atoms with Gasteiger partial charge >= 0.3 is 0 Å². The first-order chi connectivity index (χ1) is 10.9. The standard InChI is InChI=1S/C16H16N4O2S/c1-11-16(20-15-5-3-2-4-14(15)19-11)10-18-12-6-8-13(9-7-12)23(17,21)22/h2-9,18H,10H2,1H3,(H2,17,21,22). The molecule has 0 saturated carbocycles. The number of nitrogens with two attached hydrogens (primary N) is 1. The number of aromatic nitrogens is 2. The molecular formula is C16H16N4O2S. The fraction of sp³-hybridized carbons (Fsp3) is 0.125. The highest BCUT2D eigenvalue weighted by Crippen LogP contribution is 2.16. The average molecular weight is 328 g/mol. The van der Waals surface area contributed by atoms with Gasteiger partial charge in [0.15, 0.2) is 0 Å². The largest absolute Gasteiger partial charge is 0.379 e. The Bertz CT molecular complexity index is 953. The van der Waals surface area contributed by atoms with Crippen molar-refractivity contribution in [3.05, 3.63) is 59.9 Å². The Morgan fingerprint density at radius 1 is 1.00 bits per heavy atom. The van der Waals surface area contributed by atoms with Crippen LogP contribution in [-0.4, -0.2) is 18.4 Å². The molecule has 1 heterocycles. The number of anilines is 1. The average Bonchev–Trinajstić information content (AvgIpc) is 2.52. The monoisotopic (exact) mass is 328 g/mol. The fourth-order valence-corrected chi connectivity index (χ4v) is 2.76. The maximum absolute atomic E-state index is 11.2. The summed E-state index contributed by atoms with van der Waals surface area (Å²) >= 11 is 0. The van der Waals surface area contributed by atoms with Crippen LogP contribution < -0.4 is 10.5 Å². The molecule has 118 valence electrons. The Morgan fingerprint density at radius 3 is 2.22 bits per heavy atom. The van der Waals surface area contributed by atoms with Crippen molar-refractivity contribution in [3.63, 3.8) is 0 Å². The lowest BCUT2D eigenvalue weighted by Gasteiger charge is -2.09. The molecule has 0 saturated heterocycles. The minimum absolute atomic E-state index is 0.0877. The first-order valence-corrected chi connectivity index (χ1v) is 8.57. The van der Waals surface area contributed by atoms with Crippen LogP contribution in [0.2, 0.25) is 0 Å². The zero-order valence-corrected chi connectivity index (χ0v) is 13.3. The Balaban J connectivity index is 1.79. The Labute approximate surface area is 134 Å². The minimum atomic E-state index is -3.67. The Kier molecular flexibility index (Phi) is 3.97. The number of rotatable bonds is 4. The molecule has 23 heavy (non-hydrogen) atoms. The molecule has 0 atom stereocenters. The van der Waals surface area contributed by atoms with Crippen LogP contribution in [0.1, 0.15) is 11.4 Å². The molecule has 1 aromatic heterocycles. The van der Waals surface area contributed by atoms with Gasteiger partial charge in [0.05, 0.1) is 33.9 Å². The number of nitrogens with zero attached hydrogens (tertiary/aromatic N) is 2. The van der Waals surface area contributed by atoms with Crippen LogP contribution in [0.3, 0.4) is 0 Å². The normalized spacial score (nSPS) is 11.6. The summed E-state index contributed by atoms with van der Waals surface area (Å²) in [6.07, 6.45) is 0. The summed E-state index contributed by atoms with van der Waals surface area (Å²) < 4.78 is 22.5. The molecule has 3 aromatic rings. The van der Waals surface area contributed by atoms with E-state index in [2.05, 4.69) is 15.3 Å². The second-order valence-electron chi connectivity index (χ2n) is 5.17. The van der Waals surface area contributed by atoms with Crippen LogP contribution in [0.4, 0.5) is 5.69 Å². The molecule has 6 nitrogen and oxygen atoms in total. The van der Waals surface area contributed by atoms with E-state index >= 15 is 0 Å². The van der Waals surface area contributed by atoms with Gasteiger partial charge in [-0.15, -0.1) is 0 Å². The van der Waals surface area contributed by atoms with E-state index in [1.54, 1.807) is 12.1 Å². The predicted molar refractivity (Wildman–Crippen MR) is 89.4 cm³/mol. The van der Waals surface area contributed by atoms with E-state index in [1.165, 1.54) is 12.1 Å². The summed E-state index contributed by atoms with van der Waals surface area (Å²) in [6.45, 7) is 2.42. The van der Waals surface area contributed by atoms with E-state index in [1.807, 2.05) is 31.2 Å². The Hall–Kier alpha value is -2.51. The summed E-state index contributed by atoms with van der Waals surface area (Å²) in [5.74, 6) is 0. The number of sulfonamides is 1. The van der Waals surface area contributed by atoms with Crippen molar-refractivity contribution < 1.29 is 8.42 Å². The van der Waals surface area contributed by atoms with E-state index < -0.39 is 10.0 Å². The van der Waals surface area contributed by atoms with Crippen molar-refractivity contribution in [2.24, 2.45) is 5.14 Å². The van der Waals surface area contributed by atoms with Crippen LogP contribution in [-0.2, 0) is 16.6 Å². The quantitative estimate of drug-likeness (QED) is 0.765. The smallest absolute Gasteiger partial charge is 0.238 e. The maximum Gasteiger partial charge on any atom is 0.238 e. The van der Waals surface area contributed by atoms with E-state index in [0.29, 0.717) is 6.54 Å². The van der Waals surface area contributed by atoms with Gasteiger partial charge in [-0.1, -0.05) is 12.1 Å². The van der Waals surface area contributed by atoms with Crippen molar-refractivity contribution >= 4 is 26.7 Å². The van der Waals surface area contributed by atoms with Gasteiger partial charge in [0.1, 0.15) is 0 Å². The highest BCUT2D eigenvalue weighted by molar-refractivity contribution is 7.89. The van der Waals surface area contributed by atoms with Crippen LogP contribution in [0.15, 0.2) is 53.4 Å².